The van der Waals surface area contributed by atoms with E-state index in [9.17, 15) is 9.90 Å². The number of benzene rings is 2. The summed E-state index contributed by atoms with van der Waals surface area (Å²) in [5.74, 6) is 1.33. The lowest BCUT2D eigenvalue weighted by molar-refractivity contribution is 0.466. The van der Waals surface area contributed by atoms with Gasteiger partial charge in [-0.25, -0.2) is 9.78 Å². The molecular formula is C23H22N4O3. The van der Waals surface area contributed by atoms with Crippen molar-refractivity contribution in [2.45, 2.75) is 32.2 Å². The highest BCUT2D eigenvalue weighted by Gasteiger charge is 2.18. The number of hydrogen-bond donors (Lipinski definition) is 2. The molecule has 4 rings (SSSR count). The molecule has 1 atom stereocenters. The third-order valence-electron chi connectivity index (χ3n) is 4.83. The van der Waals surface area contributed by atoms with Crippen LogP contribution in [0, 0.1) is 0 Å². The molecule has 2 aromatic heterocycles. The van der Waals surface area contributed by atoms with Crippen LogP contribution < -0.4 is 5.63 Å². The van der Waals surface area contributed by atoms with Crippen molar-refractivity contribution in [3.05, 3.63) is 87.8 Å². The van der Waals surface area contributed by atoms with Crippen molar-refractivity contribution in [1.29, 1.82) is 0 Å². The Morgan fingerprint density at radius 1 is 1.13 bits per heavy atom. The normalized spacial score (nSPS) is 12.8. The predicted octanol–water partition coefficient (Wildman–Crippen LogP) is 4.14. The molecule has 0 aliphatic carbocycles. The van der Waals surface area contributed by atoms with Gasteiger partial charge in [-0.3, -0.25) is 10.1 Å². The molecule has 30 heavy (non-hydrogen) atoms. The number of aromatic amines is 1. The number of H-pyrrole nitrogens is 1. The average Bonchev–Trinajstić information content (AvgIpc) is 3.24. The molecule has 7 heteroatoms. The molecule has 4 aromatic rings. The summed E-state index contributed by atoms with van der Waals surface area (Å²) < 4.78 is 5.32. The fraction of sp³-hybridized carbons (Fsp3) is 0.217. The van der Waals surface area contributed by atoms with E-state index < -0.39 is 11.7 Å². The van der Waals surface area contributed by atoms with E-state index >= 15 is 0 Å². The largest absolute Gasteiger partial charge is 0.506 e. The van der Waals surface area contributed by atoms with Crippen molar-refractivity contribution in [1.82, 2.24) is 15.2 Å². The van der Waals surface area contributed by atoms with Gasteiger partial charge in [0.25, 0.3) is 0 Å². The smallest absolute Gasteiger partial charge is 0.348 e. The first-order valence-electron chi connectivity index (χ1n) is 9.77. The third-order valence-corrected chi connectivity index (χ3v) is 4.83. The Morgan fingerprint density at radius 2 is 1.87 bits per heavy atom. The first kappa shape index (κ1) is 19.6. The maximum absolute atomic E-state index is 12.4. The van der Waals surface area contributed by atoms with E-state index in [0.717, 1.165) is 5.56 Å². The number of para-hydroxylation sites is 1. The molecule has 2 aromatic carbocycles. The van der Waals surface area contributed by atoms with E-state index in [1.807, 2.05) is 44.2 Å². The van der Waals surface area contributed by atoms with E-state index in [2.05, 4.69) is 20.2 Å². The van der Waals surface area contributed by atoms with Crippen LogP contribution in [0.25, 0.3) is 11.0 Å². The molecule has 0 amide bonds. The highest BCUT2D eigenvalue weighted by molar-refractivity contribution is 5.93. The van der Waals surface area contributed by atoms with Gasteiger partial charge in [-0.05, 0) is 17.7 Å². The molecule has 0 fully saturated rings. The maximum atomic E-state index is 12.4. The lowest BCUT2D eigenvalue weighted by atomic mass is 10.1. The average molecular weight is 402 g/mol. The lowest BCUT2D eigenvalue weighted by Gasteiger charge is -2.10. The second kappa shape index (κ2) is 8.32. The van der Waals surface area contributed by atoms with Gasteiger partial charge in [-0.15, -0.1) is 0 Å². The molecule has 7 nitrogen and oxygen atoms in total. The predicted molar refractivity (Wildman–Crippen MR) is 115 cm³/mol. The molecule has 0 spiro atoms. The van der Waals surface area contributed by atoms with Crippen LogP contribution in [0.15, 0.2) is 68.8 Å². The van der Waals surface area contributed by atoms with Crippen molar-refractivity contribution >= 4 is 17.2 Å². The van der Waals surface area contributed by atoms with Crippen molar-refractivity contribution in [2.75, 3.05) is 0 Å². The number of hydrogen-bond acceptors (Lipinski definition) is 6. The van der Waals surface area contributed by atoms with Gasteiger partial charge in [0.2, 0.25) is 0 Å². The lowest BCUT2D eigenvalue weighted by Crippen LogP contribution is -2.09. The van der Waals surface area contributed by atoms with Gasteiger partial charge >= 0.3 is 5.63 Å². The van der Waals surface area contributed by atoms with E-state index in [1.165, 1.54) is 6.21 Å². The molecule has 2 heterocycles. The maximum Gasteiger partial charge on any atom is 0.348 e. The van der Waals surface area contributed by atoms with Gasteiger partial charge in [-0.2, -0.15) is 5.10 Å². The molecule has 0 aliphatic heterocycles. The first-order valence-corrected chi connectivity index (χ1v) is 9.77. The minimum absolute atomic E-state index is 0.00959. The number of nitrogens with one attached hydrogen (secondary N) is 1. The molecule has 2 N–H and O–H groups in total. The molecule has 152 valence electrons. The number of aliphatic imine (C=N–C) groups is 1. The standard InChI is InChI=1S/C23H22N4O3/c1-14(2)21-25-22(27-26-21)18(12-15-8-4-3-5-9-15)24-13-17-20(28)16-10-6-7-11-19(16)30-23(17)29/h3-11,13-14,18,28H,12H2,1-2H3,(H,25,26,27). The number of nitrogens with zero attached hydrogens (tertiary/aromatic N) is 3. The number of rotatable bonds is 6. The Hall–Kier alpha value is -3.74. The van der Waals surface area contributed by atoms with Gasteiger partial charge in [0.1, 0.15) is 28.8 Å². The number of aromatic hydroxyl groups is 1. The Bertz CT molecular complexity index is 1240. The summed E-state index contributed by atoms with van der Waals surface area (Å²) in [5, 5.41) is 18.3. The zero-order valence-corrected chi connectivity index (χ0v) is 16.7. The summed E-state index contributed by atoms with van der Waals surface area (Å²) in [5.41, 5.74) is 0.760. The molecule has 0 bridgehead atoms. The zero-order valence-electron chi connectivity index (χ0n) is 16.7. The second-order valence-electron chi connectivity index (χ2n) is 7.37. The van der Waals surface area contributed by atoms with E-state index in [1.54, 1.807) is 24.3 Å². The molecule has 0 saturated heterocycles. The van der Waals surface area contributed by atoms with Gasteiger partial charge in [0.15, 0.2) is 5.82 Å². The highest BCUT2D eigenvalue weighted by Crippen LogP contribution is 2.26. The van der Waals surface area contributed by atoms with Gasteiger partial charge in [-0.1, -0.05) is 56.3 Å². The summed E-state index contributed by atoms with van der Waals surface area (Å²) in [4.78, 5) is 21.6. The summed E-state index contributed by atoms with van der Waals surface area (Å²) in [6.07, 6.45) is 1.92. The molecule has 1 unspecified atom stereocenters. The second-order valence-corrected chi connectivity index (χ2v) is 7.37. The SMILES string of the molecule is CC(C)c1n[nH]c(C(Cc2ccccc2)N=Cc2c(O)c3ccccc3oc2=O)n1. The van der Waals surface area contributed by atoms with Crippen LogP contribution >= 0.6 is 0 Å². The molecular weight excluding hydrogens is 380 g/mol. The van der Waals surface area contributed by atoms with Gasteiger partial charge < -0.3 is 9.52 Å². The van der Waals surface area contributed by atoms with E-state index in [0.29, 0.717) is 29.0 Å². The minimum Gasteiger partial charge on any atom is -0.506 e. The molecule has 0 radical (unpaired) electrons. The van der Waals surface area contributed by atoms with Crippen LogP contribution in [0.4, 0.5) is 0 Å². The quantitative estimate of drug-likeness (QED) is 0.372. The number of fused-ring (bicyclic) bond motifs is 1. The first-order chi connectivity index (χ1) is 14.5. The Morgan fingerprint density at radius 3 is 2.60 bits per heavy atom. The van der Waals surface area contributed by atoms with Crippen LogP contribution in [0.1, 0.15) is 48.6 Å². The van der Waals surface area contributed by atoms with Crippen LogP contribution in [0.5, 0.6) is 5.75 Å². The fourth-order valence-electron chi connectivity index (χ4n) is 3.18. The summed E-state index contributed by atoms with van der Waals surface area (Å²) in [6, 6.07) is 16.3. The summed E-state index contributed by atoms with van der Waals surface area (Å²) in [7, 11) is 0. The van der Waals surface area contributed by atoms with Gasteiger partial charge in [0.05, 0.1) is 5.39 Å². The Balaban J connectivity index is 1.73. The van der Waals surface area contributed by atoms with Crippen LogP contribution in [0.3, 0.4) is 0 Å². The van der Waals surface area contributed by atoms with Crippen molar-refractivity contribution in [3.63, 3.8) is 0 Å². The Kier molecular flexibility index (Phi) is 5.43. The Labute approximate surface area is 173 Å². The van der Waals surface area contributed by atoms with Crippen molar-refractivity contribution < 1.29 is 9.52 Å². The third kappa shape index (κ3) is 4.00. The summed E-state index contributed by atoms with van der Waals surface area (Å²) >= 11 is 0. The monoisotopic (exact) mass is 402 g/mol. The van der Waals surface area contributed by atoms with Gasteiger partial charge in [0, 0.05) is 18.6 Å². The van der Waals surface area contributed by atoms with Crippen LogP contribution in [0.2, 0.25) is 0 Å². The topological polar surface area (TPSA) is 104 Å². The molecule has 0 saturated carbocycles. The van der Waals surface area contributed by atoms with Crippen LogP contribution in [-0.4, -0.2) is 26.5 Å². The summed E-state index contributed by atoms with van der Waals surface area (Å²) in [6.45, 7) is 4.03. The van der Waals surface area contributed by atoms with Crippen molar-refractivity contribution in [2.24, 2.45) is 4.99 Å². The highest BCUT2D eigenvalue weighted by atomic mass is 16.4. The fourth-order valence-corrected chi connectivity index (χ4v) is 3.18. The van der Waals surface area contributed by atoms with Crippen molar-refractivity contribution in [3.8, 4) is 5.75 Å². The minimum atomic E-state index is -0.645. The molecule has 0 aliphatic rings. The van der Waals surface area contributed by atoms with Crippen LogP contribution in [-0.2, 0) is 6.42 Å². The zero-order chi connectivity index (χ0) is 21.1. The van der Waals surface area contributed by atoms with E-state index in [4.69, 9.17) is 4.42 Å². The van der Waals surface area contributed by atoms with E-state index in [-0.39, 0.29) is 17.2 Å². The number of aromatic nitrogens is 3.